The van der Waals surface area contributed by atoms with Crippen LogP contribution in [0.5, 0.6) is 11.5 Å². The molecule has 0 bridgehead atoms. The Morgan fingerprint density at radius 1 is 1.33 bits per heavy atom. The molecule has 24 heavy (non-hydrogen) atoms. The Morgan fingerprint density at radius 3 is 2.75 bits per heavy atom. The van der Waals surface area contributed by atoms with Gasteiger partial charge in [-0.3, -0.25) is 9.59 Å². The van der Waals surface area contributed by atoms with Crippen molar-refractivity contribution < 1.29 is 24.2 Å². The number of carboxylic acid groups (broad SMARTS) is 1. The number of nitrogens with zero attached hydrogens (tertiary/aromatic N) is 1. The highest BCUT2D eigenvalue weighted by molar-refractivity contribution is 5.80. The van der Waals surface area contributed by atoms with Crippen LogP contribution in [-0.4, -0.2) is 48.7 Å². The third kappa shape index (κ3) is 3.63. The van der Waals surface area contributed by atoms with Crippen LogP contribution >= 0.6 is 0 Å². The summed E-state index contributed by atoms with van der Waals surface area (Å²) < 4.78 is 11.0. The standard InChI is InChI=1S/C18H23NO5/c1-23-15-2-3-16-13(10-15)9-14(11-24-16)18(22)19-6-4-12(5-7-19)8-17(20)21/h2-3,10,12,14H,4-9,11H2,1H3,(H,20,21). The minimum absolute atomic E-state index is 0.109. The Balaban J connectivity index is 1.59. The molecule has 0 aliphatic carbocycles. The number of rotatable bonds is 4. The molecule has 2 aliphatic heterocycles. The fourth-order valence-corrected chi connectivity index (χ4v) is 3.52. The topological polar surface area (TPSA) is 76.1 Å². The molecule has 130 valence electrons. The zero-order valence-corrected chi connectivity index (χ0v) is 13.9. The van der Waals surface area contributed by atoms with E-state index in [1.165, 1.54) is 0 Å². The van der Waals surface area contributed by atoms with Gasteiger partial charge in [-0.2, -0.15) is 0 Å². The summed E-state index contributed by atoms with van der Waals surface area (Å²) in [4.78, 5) is 25.4. The predicted octanol–water partition coefficient (Wildman–Crippen LogP) is 1.96. The molecule has 1 aromatic carbocycles. The molecule has 6 nitrogen and oxygen atoms in total. The summed E-state index contributed by atoms with van der Waals surface area (Å²) in [7, 11) is 1.62. The Hall–Kier alpha value is -2.24. The third-order valence-electron chi connectivity index (χ3n) is 4.91. The van der Waals surface area contributed by atoms with E-state index in [-0.39, 0.29) is 24.2 Å². The number of benzene rings is 1. The maximum atomic E-state index is 12.7. The van der Waals surface area contributed by atoms with Gasteiger partial charge in [0.05, 0.1) is 13.0 Å². The first-order valence-electron chi connectivity index (χ1n) is 8.37. The summed E-state index contributed by atoms with van der Waals surface area (Å²) in [5.74, 6) is 0.933. The van der Waals surface area contributed by atoms with Crippen LogP contribution in [0.1, 0.15) is 24.8 Å². The quantitative estimate of drug-likeness (QED) is 0.911. The first kappa shape index (κ1) is 16.6. The Kier molecular flexibility index (Phi) is 4.92. The normalized spacial score (nSPS) is 20.9. The van der Waals surface area contributed by atoms with E-state index >= 15 is 0 Å². The maximum absolute atomic E-state index is 12.7. The molecule has 1 atom stereocenters. The summed E-state index contributed by atoms with van der Waals surface area (Å²) in [5, 5.41) is 8.87. The van der Waals surface area contributed by atoms with E-state index in [0.29, 0.717) is 26.1 Å². The van der Waals surface area contributed by atoms with Gasteiger partial charge in [0, 0.05) is 19.5 Å². The van der Waals surface area contributed by atoms with Crippen molar-refractivity contribution in [3.63, 3.8) is 0 Å². The summed E-state index contributed by atoms with van der Waals surface area (Å²) in [6, 6.07) is 5.66. The van der Waals surface area contributed by atoms with Crippen LogP contribution in [0.15, 0.2) is 18.2 Å². The highest BCUT2D eigenvalue weighted by atomic mass is 16.5. The molecule has 1 amide bonds. The van der Waals surface area contributed by atoms with Crippen molar-refractivity contribution >= 4 is 11.9 Å². The van der Waals surface area contributed by atoms with E-state index in [4.69, 9.17) is 14.6 Å². The average Bonchev–Trinajstić information content (AvgIpc) is 2.60. The van der Waals surface area contributed by atoms with Crippen LogP contribution in [-0.2, 0) is 16.0 Å². The van der Waals surface area contributed by atoms with E-state index in [9.17, 15) is 9.59 Å². The lowest BCUT2D eigenvalue weighted by Crippen LogP contribution is -2.45. The molecule has 1 fully saturated rings. The van der Waals surface area contributed by atoms with Crippen LogP contribution in [0, 0.1) is 11.8 Å². The fraction of sp³-hybridized carbons (Fsp3) is 0.556. The summed E-state index contributed by atoms with van der Waals surface area (Å²) >= 11 is 0. The van der Waals surface area contributed by atoms with Crippen LogP contribution in [0.25, 0.3) is 0 Å². The lowest BCUT2D eigenvalue weighted by Gasteiger charge is -2.35. The molecule has 0 spiro atoms. The molecule has 0 aromatic heterocycles. The molecule has 0 radical (unpaired) electrons. The number of carbonyl (C=O) groups is 2. The average molecular weight is 333 g/mol. The zero-order chi connectivity index (χ0) is 17.1. The SMILES string of the molecule is COc1ccc2c(c1)CC(C(=O)N1CCC(CC(=O)O)CC1)CO2. The highest BCUT2D eigenvalue weighted by Gasteiger charge is 2.32. The Bertz CT molecular complexity index is 622. The molecule has 1 saturated heterocycles. The van der Waals surface area contributed by atoms with Crippen LogP contribution in [0.4, 0.5) is 0 Å². The number of aliphatic carboxylic acids is 1. The number of hydrogen-bond donors (Lipinski definition) is 1. The van der Waals surface area contributed by atoms with Gasteiger partial charge in [0.15, 0.2) is 0 Å². The second-order valence-electron chi connectivity index (χ2n) is 6.55. The van der Waals surface area contributed by atoms with E-state index in [1.807, 2.05) is 23.1 Å². The van der Waals surface area contributed by atoms with Crippen molar-refractivity contribution in [3.8, 4) is 11.5 Å². The minimum atomic E-state index is -0.758. The number of amides is 1. The van der Waals surface area contributed by atoms with Gasteiger partial charge in [-0.25, -0.2) is 0 Å². The van der Waals surface area contributed by atoms with E-state index < -0.39 is 5.97 Å². The molecule has 6 heteroatoms. The first-order chi connectivity index (χ1) is 11.6. The maximum Gasteiger partial charge on any atom is 0.303 e. The molecule has 2 aliphatic rings. The van der Waals surface area contributed by atoms with E-state index in [1.54, 1.807) is 7.11 Å². The Morgan fingerprint density at radius 2 is 2.08 bits per heavy atom. The second kappa shape index (κ2) is 7.11. The van der Waals surface area contributed by atoms with Gasteiger partial charge in [0.2, 0.25) is 5.91 Å². The van der Waals surface area contributed by atoms with Gasteiger partial charge in [0.1, 0.15) is 18.1 Å². The highest BCUT2D eigenvalue weighted by Crippen LogP contribution is 2.32. The smallest absolute Gasteiger partial charge is 0.303 e. The number of fused-ring (bicyclic) bond motifs is 1. The number of hydrogen-bond acceptors (Lipinski definition) is 4. The van der Waals surface area contributed by atoms with Gasteiger partial charge in [-0.05, 0) is 48.9 Å². The molecule has 2 heterocycles. The van der Waals surface area contributed by atoms with Crippen molar-refractivity contribution in [1.29, 1.82) is 0 Å². The molecule has 0 saturated carbocycles. The number of carbonyl (C=O) groups excluding carboxylic acids is 1. The summed E-state index contributed by atoms with van der Waals surface area (Å²) in [6.45, 7) is 1.67. The number of methoxy groups -OCH3 is 1. The van der Waals surface area contributed by atoms with E-state index in [2.05, 4.69) is 0 Å². The summed E-state index contributed by atoms with van der Waals surface area (Å²) in [5.41, 5.74) is 1.000. The minimum Gasteiger partial charge on any atom is -0.497 e. The molecule has 1 unspecified atom stereocenters. The van der Waals surface area contributed by atoms with Gasteiger partial charge in [-0.1, -0.05) is 0 Å². The molecular weight excluding hydrogens is 310 g/mol. The Labute approximate surface area is 141 Å². The van der Waals surface area contributed by atoms with Gasteiger partial charge < -0.3 is 19.5 Å². The lowest BCUT2D eigenvalue weighted by atomic mass is 9.91. The number of carboxylic acids is 1. The number of piperidine rings is 1. The summed E-state index contributed by atoms with van der Waals surface area (Å²) in [6.07, 6.45) is 2.37. The van der Waals surface area contributed by atoms with Gasteiger partial charge in [-0.15, -0.1) is 0 Å². The molecule has 1 aromatic rings. The van der Waals surface area contributed by atoms with Crippen LogP contribution < -0.4 is 9.47 Å². The fourth-order valence-electron chi connectivity index (χ4n) is 3.52. The lowest BCUT2D eigenvalue weighted by molar-refractivity contribution is -0.140. The zero-order valence-electron chi connectivity index (χ0n) is 13.9. The van der Waals surface area contributed by atoms with Crippen molar-refractivity contribution in [1.82, 2.24) is 4.90 Å². The van der Waals surface area contributed by atoms with Gasteiger partial charge >= 0.3 is 5.97 Å². The largest absolute Gasteiger partial charge is 0.497 e. The molecule has 1 N–H and O–H groups in total. The second-order valence-corrected chi connectivity index (χ2v) is 6.55. The molecular formula is C18H23NO5. The monoisotopic (exact) mass is 333 g/mol. The number of likely N-dealkylation sites (tertiary alicyclic amines) is 1. The van der Waals surface area contributed by atoms with Gasteiger partial charge in [0.25, 0.3) is 0 Å². The van der Waals surface area contributed by atoms with Crippen molar-refractivity contribution in [3.05, 3.63) is 23.8 Å². The third-order valence-corrected chi connectivity index (χ3v) is 4.91. The van der Waals surface area contributed by atoms with Crippen molar-refractivity contribution in [2.24, 2.45) is 11.8 Å². The van der Waals surface area contributed by atoms with Crippen molar-refractivity contribution in [2.75, 3.05) is 26.8 Å². The number of ether oxygens (including phenoxy) is 2. The first-order valence-corrected chi connectivity index (χ1v) is 8.37. The van der Waals surface area contributed by atoms with Crippen LogP contribution in [0.3, 0.4) is 0 Å². The van der Waals surface area contributed by atoms with Crippen LogP contribution in [0.2, 0.25) is 0 Å². The van der Waals surface area contributed by atoms with E-state index in [0.717, 1.165) is 29.9 Å². The van der Waals surface area contributed by atoms with Crippen molar-refractivity contribution in [2.45, 2.75) is 25.7 Å². The predicted molar refractivity (Wildman–Crippen MR) is 87.2 cm³/mol. The molecule has 3 rings (SSSR count).